The lowest BCUT2D eigenvalue weighted by atomic mass is 9.84. The zero-order chi connectivity index (χ0) is 15.8. The summed E-state index contributed by atoms with van der Waals surface area (Å²) in [6, 6.07) is 7.97. The van der Waals surface area contributed by atoms with Crippen LogP contribution in [0, 0.1) is 17.8 Å². The fourth-order valence-corrected chi connectivity index (χ4v) is 4.18. The molecule has 2 aliphatic carbocycles. The van der Waals surface area contributed by atoms with Crippen LogP contribution in [-0.4, -0.2) is 26.7 Å². The van der Waals surface area contributed by atoms with Crippen LogP contribution in [0.2, 0.25) is 0 Å². The van der Waals surface area contributed by atoms with Gasteiger partial charge in [0.05, 0.1) is 11.6 Å². The molecule has 0 aliphatic heterocycles. The second-order valence-corrected chi connectivity index (χ2v) is 6.66. The lowest BCUT2D eigenvalue weighted by Gasteiger charge is -2.27. The first kappa shape index (κ1) is 14.4. The molecule has 6 heteroatoms. The Labute approximate surface area is 135 Å². The van der Waals surface area contributed by atoms with Crippen LogP contribution in [0.25, 0.3) is 5.69 Å². The highest BCUT2D eigenvalue weighted by atomic mass is 16.1. The maximum atomic E-state index is 12.5. The molecule has 1 aromatic carbocycles. The van der Waals surface area contributed by atoms with E-state index < -0.39 is 0 Å². The summed E-state index contributed by atoms with van der Waals surface area (Å²) in [5.74, 6) is 1.13. The zero-order valence-corrected chi connectivity index (χ0v) is 12.9. The molecule has 120 valence electrons. The SMILES string of the molecule is NC1C2CCC(C2)C1C(=O)NCc1cccc(-n2cncn2)c1. The van der Waals surface area contributed by atoms with E-state index in [9.17, 15) is 4.79 Å². The van der Waals surface area contributed by atoms with Crippen molar-refractivity contribution < 1.29 is 4.79 Å². The maximum Gasteiger partial charge on any atom is 0.225 e. The molecular formula is C17H21N5O. The van der Waals surface area contributed by atoms with E-state index >= 15 is 0 Å². The van der Waals surface area contributed by atoms with Crippen molar-refractivity contribution in [1.82, 2.24) is 20.1 Å². The molecule has 23 heavy (non-hydrogen) atoms. The third-order valence-corrected chi connectivity index (χ3v) is 5.34. The molecule has 2 aromatic rings. The van der Waals surface area contributed by atoms with Gasteiger partial charge in [0, 0.05) is 12.6 Å². The second-order valence-electron chi connectivity index (χ2n) is 6.66. The number of carbonyl (C=O) groups is 1. The van der Waals surface area contributed by atoms with Crippen molar-refractivity contribution in [3.05, 3.63) is 42.5 Å². The normalized spacial score (nSPS) is 28.9. The Balaban J connectivity index is 1.41. The Morgan fingerprint density at radius 1 is 1.35 bits per heavy atom. The minimum Gasteiger partial charge on any atom is -0.352 e. The number of fused-ring (bicyclic) bond motifs is 2. The van der Waals surface area contributed by atoms with Crippen LogP contribution >= 0.6 is 0 Å². The molecule has 2 fully saturated rings. The molecule has 4 atom stereocenters. The number of aromatic nitrogens is 3. The van der Waals surface area contributed by atoms with Crippen LogP contribution in [-0.2, 0) is 11.3 Å². The predicted molar refractivity (Wildman–Crippen MR) is 85.5 cm³/mol. The average molecular weight is 311 g/mol. The Kier molecular flexibility index (Phi) is 3.61. The smallest absolute Gasteiger partial charge is 0.225 e. The van der Waals surface area contributed by atoms with E-state index in [0.29, 0.717) is 18.4 Å². The first-order valence-corrected chi connectivity index (χ1v) is 8.19. The van der Waals surface area contributed by atoms with Gasteiger partial charge >= 0.3 is 0 Å². The van der Waals surface area contributed by atoms with Crippen molar-refractivity contribution in [2.75, 3.05) is 0 Å². The summed E-state index contributed by atoms with van der Waals surface area (Å²) in [4.78, 5) is 16.5. The van der Waals surface area contributed by atoms with E-state index in [1.807, 2.05) is 24.3 Å². The van der Waals surface area contributed by atoms with Crippen molar-refractivity contribution in [3.63, 3.8) is 0 Å². The quantitative estimate of drug-likeness (QED) is 0.890. The summed E-state index contributed by atoms with van der Waals surface area (Å²) in [5, 5.41) is 7.19. The number of benzene rings is 1. The average Bonchev–Trinajstić information content (AvgIpc) is 3.30. The predicted octanol–water partition coefficient (Wildman–Crippen LogP) is 1.26. The number of hydrogen-bond acceptors (Lipinski definition) is 4. The number of hydrogen-bond donors (Lipinski definition) is 2. The van der Waals surface area contributed by atoms with E-state index in [2.05, 4.69) is 15.4 Å². The second kappa shape index (κ2) is 5.77. The van der Waals surface area contributed by atoms with Crippen LogP contribution in [0.5, 0.6) is 0 Å². The summed E-state index contributed by atoms with van der Waals surface area (Å²) in [7, 11) is 0. The van der Waals surface area contributed by atoms with Gasteiger partial charge in [-0.3, -0.25) is 4.79 Å². The topological polar surface area (TPSA) is 85.8 Å². The third kappa shape index (κ3) is 2.63. The highest BCUT2D eigenvalue weighted by Gasteiger charge is 2.48. The van der Waals surface area contributed by atoms with Gasteiger partial charge in [-0.05, 0) is 48.8 Å². The first-order valence-electron chi connectivity index (χ1n) is 8.19. The zero-order valence-electron chi connectivity index (χ0n) is 12.9. The monoisotopic (exact) mass is 311 g/mol. The van der Waals surface area contributed by atoms with Crippen LogP contribution in [0.15, 0.2) is 36.9 Å². The van der Waals surface area contributed by atoms with Gasteiger partial charge in [0.15, 0.2) is 0 Å². The molecule has 1 aromatic heterocycles. The summed E-state index contributed by atoms with van der Waals surface area (Å²) in [5.41, 5.74) is 8.22. The molecule has 4 rings (SSSR count). The van der Waals surface area contributed by atoms with Gasteiger partial charge in [0.25, 0.3) is 0 Å². The van der Waals surface area contributed by atoms with Crippen LogP contribution in [0.3, 0.4) is 0 Å². The molecule has 0 spiro atoms. The highest BCUT2D eigenvalue weighted by molar-refractivity contribution is 5.80. The lowest BCUT2D eigenvalue weighted by Crippen LogP contribution is -2.45. The molecule has 1 amide bonds. The molecule has 4 unspecified atom stereocenters. The van der Waals surface area contributed by atoms with Crippen molar-refractivity contribution >= 4 is 5.91 Å². The fraction of sp³-hybridized carbons (Fsp3) is 0.471. The standard InChI is InChI=1S/C17H21N5O/c18-16-13-5-4-12(7-13)15(16)17(23)20-8-11-2-1-3-14(6-11)22-10-19-9-21-22/h1-3,6,9-10,12-13,15-16H,4-5,7-8,18H2,(H,20,23). The third-order valence-electron chi connectivity index (χ3n) is 5.34. The van der Waals surface area contributed by atoms with E-state index in [1.54, 1.807) is 11.0 Å². The van der Waals surface area contributed by atoms with Gasteiger partial charge in [-0.15, -0.1) is 0 Å². The molecule has 6 nitrogen and oxygen atoms in total. The first-order chi connectivity index (χ1) is 11.2. The Morgan fingerprint density at radius 3 is 2.96 bits per heavy atom. The molecule has 0 radical (unpaired) electrons. The van der Waals surface area contributed by atoms with Crippen molar-refractivity contribution in [1.29, 1.82) is 0 Å². The van der Waals surface area contributed by atoms with E-state index in [1.165, 1.54) is 12.7 Å². The van der Waals surface area contributed by atoms with E-state index in [0.717, 1.165) is 24.1 Å². The summed E-state index contributed by atoms with van der Waals surface area (Å²) in [6.07, 6.45) is 6.63. The fourth-order valence-electron chi connectivity index (χ4n) is 4.18. The van der Waals surface area contributed by atoms with E-state index in [-0.39, 0.29) is 17.9 Å². The van der Waals surface area contributed by atoms with Crippen LogP contribution in [0.4, 0.5) is 0 Å². The minimum absolute atomic E-state index is 0.00718. The highest BCUT2D eigenvalue weighted by Crippen LogP contribution is 2.47. The van der Waals surface area contributed by atoms with Gasteiger partial charge < -0.3 is 11.1 Å². The molecule has 2 bridgehead atoms. The minimum atomic E-state index is -0.00718. The Morgan fingerprint density at radius 2 is 2.22 bits per heavy atom. The summed E-state index contributed by atoms with van der Waals surface area (Å²) < 4.78 is 1.71. The lowest BCUT2D eigenvalue weighted by molar-refractivity contribution is -0.127. The van der Waals surface area contributed by atoms with Crippen molar-refractivity contribution in [2.45, 2.75) is 31.8 Å². The molecular weight excluding hydrogens is 290 g/mol. The number of nitrogens with one attached hydrogen (secondary N) is 1. The van der Waals surface area contributed by atoms with Gasteiger partial charge in [-0.1, -0.05) is 12.1 Å². The number of amides is 1. The number of nitrogens with zero attached hydrogens (tertiary/aromatic N) is 3. The van der Waals surface area contributed by atoms with Gasteiger partial charge in [0.2, 0.25) is 5.91 Å². The van der Waals surface area contributed by atoms with Crippen LogP contribution in [0.1, 0.15) is 24.8 Å². The summed E-state index contributed by atoms with van der Waals surface area (Å²) in [6.45, 7) is 0.516. The van der Waals surface area contributed by atoms with Gasteiger partial charge in [-0.2, -0.15) is 5.10 Å². The molecule has 2 saturated carbocycles. The van der Waals surface area contributed by atoms with Gasteiger partial charge in [-0.25, -0.2) is 9.67 Å². The van der Waals surface area contributed by atoms with Gasteiger partial charge in [0.1, 0.15) is 12.7 Å². The number of nitrogens with two attached hydrogens (primary N) is 1. The van der Waals surface area contributed by atoms with Crippen LogP contribution < -0.4 is 11.1 Å². The van der Waals surface area contributed by atoms with E-state index in [4.69, 9.17) is 5.73 Å². The Bertz CT molecular complexity index is 697. The molecule has 3 N–H and O–H groups in total. The van der Waals surface area contributed by atoms with Crippen molar-refractivity contribution in [3.8, 4) is 5.69 Å². The summed E-state index contributed by atoms with van der Waals surface area (Å²) >= 11 is 0. The molecule has 2 aliphatic rings. The number of carbonyl (C=O) groups excluding carboxylic acids is 1. The maximum absolute atomic E-state index is 12.5. The Hall–Kier alpha value is -2.21. The number of rotatable bonds is 4. The van der Waals surface area contributed by atoms with Crippen molar-refractivity contribution in [2.24, 2.45) is 23.5 Å². The largest absolute Gasteiger partial charge is 0.352 e. The molecule has 0 saturated heterocycles. The molecule has 1 heterocycles.